The predicted octanol–water partition coefficient (Wildman–Crippen LogP) is 2.82. The Morgan fingerprint density at radius 2 is 1.96 bits per heavy atom. The number of carboxylic acids is 1. The maximum Gasteiger partial charge on any atom is 0.308 e. The number of piperidine rings is 1. The number of likely N-dealkylation sites (tertiary alicyclic amines) is 1. The quantitative estimate of drug-likeness (QED) is 0.768. The first-order chi connectivity index (χ1) is 12.0. The van der Waals surface area contributed by atoms with Crippen LogP contribution in [0.4, 0.5) is 0 Å². The molecule has 25 heavy (non-hydrogen) atoms. The highest BCUT2D eigenvalue weighted by molar-refractivity contribution is 5.92. The maximum absolute atomic E-state index is 12.3. The van der Waals surface area contributed by atoms with Crippen LogP contribution in [0.15, 0.2) is 24.3 Å². The summed E-state index contributed by atoms with van der Waals surface area (Å²) in [6.45, 7) is 5.75. The highest BCUT2D eigenvalue weighted by atomic mass is 16.5. The standard InChI is InChI=1S/C19H25NO5/c1-3-24-16-9-7-14(12-17(16)25-4-2)8-10-18(21)20-11-5-6-15(13-20)19(22)23/h7-10,12,15H,3-6,11,13H2,1-2H3,(H,22,23). The largest absolute Gasteiger partial charge is 0.490 e. The summed E-state index contributed by atoms with van der Waals surface area (Å²) in [6.07, 6.45) is 4.54. The number of carbonyl (C=O) groups is 2. The molecule has 0 spiro atoms. The summed E-state index contributed by atoms with van der Waals surface area (Å²) in [5.74, 6) is -0.163. The molecular formula is C19H25NO5. The summed E-state index contributed by atoms with van der Waals surface area (Å²) in [6, 6.07) is 5.50. The molecule has 1 amide bonds. The van der Waals surface area contributed by atoms with Crippen molar-refractivity contribution in [2.75, 3.05) is 26.3 Å². The van der Waals surface area contributed by atoms with Crippen LogP contribution in [0.25, 0.3) is 6.08 Å². The van der Waals surface area contributed by atoms with E-state index in [1.54, 1.807) is 11.0 Å². The van der Waals surface area contributed by atoms with E-state index in [2.05, 4.69) is 0 Å². The van der Waals surface area contributed by atoms with Crippen molar-refractivity contribution in [3.8, 4) is 11.5 Å². The number of carboxylic acid groups (broad SMARTS) is 1. The topological polar surface area (TPSA) is 76.1 Å². The average Bonchev–Trinajstić information content (AvgIpc) is 2.62. The minimum atomic E-state index is -0.839. The van der Waals surface area contributed by atoms with Crippen LogP contribution >= 0.6 is 0 Å². The van der Waals surface area contributed by atoms with Gasteiger partial charge >= 0.3 is 5.97 Å². The lowest BCUT2D eigenvalue weighted by Crippen LogP contribution is -2.41. The summed E-state index contributed by atoms with van der Waals surface area (Å²) < 4.78 is 11.1. The van der Waals surface area contributed by atoms with Gasteiger partial charge in [0.25, 0.3) is 0 Å². The smallest absolute Gasteiger partial charge is 0.308 e. The number of rotatable bonds is 7. The van der Waals surface area contributed by atoms with E-state index in [4.69, 9.17) is 14.6 Å². The molecule has 0 aromatic heterocycles. The molecule has 1 unspecified atom stereocenters. The Bertz CT molecular complexity index is 641. The third-order valence-electron chi connectivity index (χ3n) is 4.07. The van der Waals surface area contributed by atoms with Crippen molar-refractivity contribution in [1.82, 2.24) is 4.90 Å². The van der Waals surface area contributed by atoms with E-state index in [9.17, 15) is 9.59 Å². The van der Waals surface area contributed by atoms with Crippen molar-refractivity contribution >= 4 is 18.0 Å². The molecule has 1 aliphatic heterocycles. The number of amides is 1. The van der Waals surface area contributed by atoms with Gasteiger partial charge in [-0.1, -0.05) is 6.07 Å². The van der Waals surface area contributed by atoms with Crippen molar-refractivity contribution in [1.29, 1.82) is 0 Å². The zero-order valence-corrected chi connectivity index (χ0v) is 14.7. The first-order valence-corrected chi connectivity index (χ1v) is 8.64. The van der Waals surface area contributed by atoms with Crippen LogP contribution in [-0.2, 0) is 9.59 Å². The van der Waals surface area contributed by atoms with Gasteiger partial charge in [0.1, 0.15) is 0 Å². The molecular weight excluding hydrogens is 322 g/mol. The van der Waals surface area contributed by atoms with E-state index in [1.165, 1.54) is 6.08 Å². The molecule has 136 valence electrons. The van der Waals surface area contributed by atoms with Crippen LogP contribution in [-0.4, -0.2) is 48.2 Å². The van der Waals surface area contributed by atoms with Gasteiger partial charge in [0, 0.05) is 19.2 Å². The molecule has 2 rings (SSSR count). The lowest BCUT2D eigenvalue weighted by atomic mass is 9.98. The van der Waals surface area contributed by atoms with E-state index in [0.29, 0.717) is 44.1 Å². The van der Waals surface area contributed by atoms with Gasteiger partial charge in [-0.05, 0) is 50.5 Å². The molecule has 1 N–H and O–H groups in total. The van der Waals surface area contributed by atoms with Crippen molar-refractivity contribution in [3.63, 3.8) is 0 Å². The molecule has 1 aromatic carbocycles. The highest BCUT2D eigenvalue weighted by Gasteiger charge is 2.27. The number of aliphatic carboxylic acids is 1. The van der Waals surface area contributed by atoms with Gasteiger partial charge in [0.05, 0.1) is 19.1 Å². The van der Waals surface area contributed by atoms with Crippen molar-refractivity contribution in [2.45, 2.75) is 26.7 Å². The Hall–Kier alpha value is -2.50. The first kappa shape index (κ1) is 18.8. The first-order valence-electron chi connectivity index (χ1n) is 8.64. The van der Waals surface area contributed by atoms with Gasteiger partial charge in [0.15, 0.2) is 11.5 Å². The van der Waals surface area contributed by atoms with Crippen LogP contribution in [0.5, 0.6) is 11.5 Å². The number of nitrogens with zero attached hydrogens (tertiary/aromatic N) is 1. The van der Waals surface area contributed by atoms with Gasteiger partial charge in [-0.25, -0.2) is 0 Å². The van der Waals surface area contributed by atoms with Crippen LogP contribution in [0.1, 0.15) is 32.3 Å². The normalized spacial score (nSPS) is 17.5. The third kappa shape index (κ3) is 5.24. The van der Waals surface area contributed by atoms with Crippen molar-refractivity contribution < 1.29 is 24.2 Å². The van der Waals surface area contributed by atoms with Gasteiger partial charge in [-0.15, -0.1) is 0 Å². The van der Waals surface area contributed by atoms with E-state index in [0.717, 1.165) is 5.56 Å². The zero-order chi connectivity index (χ0) is 18.2. The van der Waals surface area contributed by atoms with E-state index in [1.807, 2.05) is 32.0 Å². The SMILES string of the molecule is CCOc1ccc(C=CC(=O)N2CCCC(C(=O)O)C2)cc1OCC. The maximum atomic E-state index is 12.3. The van der Waals surface area contributed by atoms with Crippen LogP contribution in [0.2, 0.25) is 0 Å². The Morgan fingerprint density at radius 3 is 2.64 bits per heavy atom. The van der Waals surface area contributed by atoms with Gasteiger partial charge in [0.2, 0.25) is 5.91 Å². The number of carbonyl (C=O) groups excluding carboxylic acids is 1. The van der Waals surface area contributed by atoms with Crippen molar-refractivity contribution in [2.24, 2.45) is 5.92 Å². The zero-order valence-electron chi connectivity index (χ0n) is 14.7. The Balaban J connectivity index is 2.06. The highest BCUT2D eigenvalue weighted by Crippen LogP contribution is 2.29. The molecule has 0 saturated carbocycles. The minimum Gasteiger partial charge on any atom is -0.490 e. The number of hydrogen-bond acceptors (Lipinski definition) is 4. The Morgan fingerprint density at radius 1 is 1.24 bits per heavy atom. The summed E-state index contributed by atoms with van der Waals surface area (Å²) in [5, 5.41) is 9.11. The molecule has 0 aliphatic carbocycles. The van der Waals surface area contributed by atoms with Gasteiger partial charge < -0.3 is 19.5 Å². The molecule has 1 saturated heterocycles. The molecule has 1 aliphatic rings. The monoisotopic (exact) mass is 347 g/mol. The van der Waals surface area contributed by atoms with Crippen LogP contribution < -0.4 is 9.47 Å². The van der Waals surface area contributed by atoms with E-state index >= 15 is 0 Å². The molecule has 0 bridgehead atoms. The number of ether oxygens (including phenoxy) is 2. The Kier molecular flexibility index (Phi) is 6.86. The predicted molar refractivity (Wildman–Crippen MR) is 94.8 cm³/mol. The molecule has 1 aromatic rings. The molecule has 1 atom stereocenters. The van der Waals surface area contributed by atoms with Gasteiger partial charge in [-0.3, -0.25) is 9.59 Å². The van der Waals surface area contributed by atoms with Crippen LogP contribution in [0.3, 0.4) is 0 Å². The summed E-state index contributed by atoms with van der Waals surface area (Å²) >= 11 is 0. The molecule has 0 radical (unpaired) electrons. The lowest BCUT2D eigenvalue weighted by Gasteiger charge is -2.29. The van der Waals surface area contributed by atoms with Crippen LogP contribution in [0, 0.1) is 5.92 Å². The summed E-state index contributed by atoms with van der Waals surface area (Å²) in [5.41, 5.74) is 0.826. The fourth-order valence-corrected chi connectivity index (χ4v) is 2.82. The molecule has 1 heterocycles. The second kappa shape index (κ2) is 9.11. The van der Waals surface area contributed by atoms with E-state index in [-0.39, 0.29) is 12.5 Å². The summed E-state index contributed by atoms with van der Waals surface area (Å²) in [4.78, 5) is 25.0. The second-order valence-corrected chi connectivity index (χ2v) is 5.87. The second-order valence-electron chi connectivity index (χ2n) is 5.87. The number of hydrogen-bond donors (Lipinski definition) is 1. The molecule has 6 heteroatoms. The minimum absolute atomic E-state index is 0.169. The fraction of sp³-hybridized carbons (Fsp3) is 0.474. The van der Waals surface area contributed by atoms with Gasteiger partial charge in [-0.2, -0.15) is 0 Å². The average molecular weight is 347 g/mol. The van der Waals surface area contributed by atoms with E-state index < -0.39 is 11.9 Å². The number of benzene rings is 1. The third-order valence-corrected chi connectivity index (χ3v) is 4.07. The molecule has 6 nitrogen and oxygen atoms in total. The fourth-order valence-electron chi connectivity index (χ4n) is 2.82. The lowest BCUT2D eigenvalue weighted by molar-refractivity contribution is -0.144. The van der Waals surface area contributed by atoms with Crippen molar-refractivity contribution in [3.05, 3.63) is 29.8 Å². The summed E-state index contributed by atoms with van der Waals surface area (Å²) in [7, 11) is 0. The molecule has 1 fully saturated rings. The Labute approximate surface area is 148 Å².